The van der Waals surface area contributed by atoms with Crippen molar-refractivity contribution in [2.75, 3.05) is 0 Å². The van der Waals surface area contributed by atoms with Gasteiger partial charge in [0, 0.05) is 31.5 Å². The lowest BCUT2D eigenvalue weighted by Gasteiger charge is -2.34. The van der Waals surface area contributed by atoms with Crippen molar-refractivity contribution in [2.45, 2.75) is 473 Å². The first-order chi connectivity index (χ1) is 45.2. The molecule has 94 heavy (non-hydrogen) atoms. The summed E-state index contributed by atoms with van der Waals surface area (Å²) in [5.41, 5.74) is -4.28. The van der Waals surface area contributed by atoms with Crippen LogP contribution in [0.4, 0.5) is 13.2 Å². The Morgan fingerprint density at radius 3 is 0.755 bits per heavy atom. The molecule has 1 aromatic rings. The van der Waals surface area contributed by atoms with Crippen molar-refractivity contribution in [3.8, 4) is 0 Å². The summed E-state index contributed by atoms with van der Waals surface area (Å²) in [5.74, 6) is -2.91. The molecule has 0 bridgehead atoms. The summed E-state index contributed by atoms with van der Waals surface area (Å²) in [6, 6.07) is 10.6. The van der Waals surface area contributed by atoms with Gasteiger partial charge >= 0.3 is 6.18 Å². The molecule has 0 aliphatic heterocycles. The van der Waals surface area contributed by atoms with Crippen molar-refractivity contribution < 1.29 is 44.7 Å². The van der Waals surface area contributed by atoms with Gasteiger partial charge in [-0.15, -0.1) is 0 Å². The predicted molar refractivity (Wildman–Crippen MR) is 454 cm³/mol. The fourth-order valence-electron chi connectivity index (χ4n) is 7.22. The van der Waals surface area contributed by atoms with E-state index in [9.17, 15) is 13.2 Å². The number of benzene rings is 1. The molecule has 0 atom stereocenters. The minimum atomic E-state index is -4.54. The molecule has 592 valence electrons. The Morgan fingerprint density at radius 1 is 0.404 bits per heavy atom. The van der Waals surface area contributed by atoms with Crippen LogP contribution in [0.3, 0.4) is 0 Å². The normalized spacial score (nSPS) is 19.3. The first kappa shape index (κ1) is 80.3. The third-order valence-electron chi connectivity index (χ3n) is 12.7. The van der Waals surface area contributed by atoms with Crippen LogP contribution in [0.5, 0.6) is 0 Å². The summed E-state index contributed by atoms with van der Waals surface area (Å²) in [4.78, 5) is 0. The highest BCUT2D eigenvalue weighted by Gasteiger charge is 2.48. The van der Waals surface area contributed by atoms with Gasteiger partial charge in [-0.05, 0) is 139 Å². The zero-order valence-electron chi connectivity index (χ0n) is 87.0. The molecule has 0 nitrogen and oxygen atoms in total. The predicted octanol–water partition coefficient (Wildman–Crippen LogP) is 37.0. The van der Waals surface area contributed by atoms with Crippen LogP contribution in [0, 0.1) is 89.1 Å². The van der Waals surface area contributed by atoms with E-state index in [0.29, 0.717) is 5.41 Å². The van der Waals surface area contributed by atoms with Gasteiger partial charge in [0.15, 0.2) is 0 Å². The molecule has 0 unspecified atom stereocenters. The van der Waals surface area contributed by atoms with Gasteiger partial charge in [-0.2, -0.15) is 13.2 Å². The maximum atomic E-state index is 12.6. The molecule has 0 heterocycles. The number of alkyl halides is 3. The van der Waals surface area contributed by atoms with Crippen molar-refractivity contribution in [3.63, 3.8) is 0 Å². The van der Waals surface area contributed by atoms with Gasteiger partial charge in [-0.1, -0.05) is 447 Å². The van der Waals surface area contributed by atoms with Gasteiger partial charge in [0.2, 0.25) is 0 Å². The van der Waals surface area contributed by atoms with Gasteiger partial charge in [-0.3, -0.25) is 0 Å². The van der Waals surface area contributed by atoms with Gasteiger partial charge in [0.05, 0.1) is 5.41 Å². The summed E-state index contributed by atoms with van der Waals surface area (Å²) in [6.45, 7) is 65.7. The lowest BCUT2D eigenvalue weighted by atomic mass is 9.72. The molecule has 0 N–H and O–H groups in total. The maximum Gasteiger partial charge on any atom is 0.393 e. The summed E-state index contributed by atoms with van der Waals surface area (Å²) in [5, 5.41) is 0. The fraction of sp³-hybridized carbons (Fsp3) is 0.934. The van der Waals surface area contributed by atoms with Crippen LogP contribution < -0.4 is 0 Å². The number of hydrogen-bond donors (Lipinski definition) is 0. The van der Waals surface area contributed by atoms with Crippen LogP contribution in [0.15, 0.2) is 30.3 Å². The Labute approximate surface area is 640 Å². The SMILES string of the molecule is C.C.C.C.C.C.C.C.C.C.CC(C)(C)c1ccccc1.[2H]C(C)(C)C(C)(C)C.[2H]C([2H])(C(C)(C)C)C(C)(C)C.[2H]C([2H])(C(C)(C)C)C(C)(C)C(F)(F)F.[2H]C([2H])(C(C)C)C(C)(C)C.[2H]C([2H])(C)C(C)(C)C.[2H]C([2H])([2H])C([2H])(C([2H])([2H])[2H])C(C)(C)C.[2H]C([2H])([2H])C([2H])([2H])C(C)(C)C.[2H]C1(C(C)(C)C)CCCC1.[2H]C1(C(C)(C)C)CCCCC1. The van der Waals surface area contributed by atoms with Crippen LogP contribution in [0.2, 0.25) is 0 Å². The van der Waals surface area contributed by atoms with Gasteiger partial charge in [0.1, 0.15) is 0 Å². The Balaban J connectivity index is -0.0000000630. The van der Waals surface area contributed by atoms with E-state index >= 15 is 0 Å². The van der Waals surface area contributed by atoms with Crippen LogP contribution in [0.25, 0.3) is 0 Å². The molecular weight excluding hydrogens is 1150 g/mol. The monoisotopic (exact) mass is 1380 g/mol. The van der Waals surface area contributed by atoms with E-state index < -0.39 is 86.2 Å². The van der Waals surface area contributed by atoms with Gasteiger partial charge in [-0.25, -0.2) is 0 Å². The second kappa shape index (κ2) is 58.6. The molecule has 2 aliphatic carbocycles. The lowest BCUT2D eigenvalue weighted by Crippen LogP contribution is -2.35. The lowest BCUT2D eigenvalue weighted by molar-refractivity contribution is -0.220. The Morgan fingerprint density at radius 2 is 0.670 bits per heavy atom. The van der Waals surface area contributed by atoms with E-state index in [1.165, 1.54) is 79.2 Å². The second-order valence-corrected chi connectivity index (χ2v) is 35.5. The van der Waals surface area contributed by atoms with E-state index in [1.54, 1.807) is 27.7 Å². The molecular formula is C91H207F3. The largest absolute Gasteiger partial charge is 0.393 e. The van der Waals surface area contributed by atoms with E-state index in [-0.39, 0.29) is 136 Å². The van der Waals surface area contributed by atoms with Crippen molar-refractivity contribution in [3.05, 3.63) is 35.9 Å². The van der Waals surface area contributed by atoms with Crippen molar-refractivity contribution in [1.82, 2.24) is 0 Å². The number of hydrogen-bond acceptors (Lipinski definition) is 0. The average Bonchev–Trinajstić information content (AvgIpc) is 1.11. The molecule has 2 aliphatic rings. The summed E-state index contributed by atoms with van der Waals surface area (Å²) in [7, 11) is 0. The zero-order valence-corrected chi connectivity index (χ0v) is 64.0. The highest BCUT2D eigenvalue weighted by atomic mass is 19.4. The molecule has 0 spiro atoms. The van der Waals surface area contributed by atoms with Crippen molar-refractivity contribution in [2.24, 2.45) is 89.1 Å². The van der Waals surface area contributed by atoms with Crippen molar-refractivity contribution >= 4 is 0 Å². The molecule has 0 radical (unpaired) electrons. The molecule has 0 aromatic heterocycles. The van der Waals surface area contributed by atoms with Crippen LogP contribution in [-0.4, -0.2) is 6.18 Å². The van der Waals surface area contributed by atoms with Gasteiger partial charge in [0.25, 0.3) is 0 Å². The van der Waals surface area contributed by atoms with E-state index in [4.69, 9.17) is 31.5 Å². The third kappa shape index (κ3) is 104. The molecule has 3 heteroatoms. The van der Waals surface area contributed by atoms with Crippen LogP contribution in [0.1, 0.15) is 499 Å². The maximum absolute atomic E-state index is 12.6. The Bertz CT molecular complexity index is 2390. The van der Waals surface area contributed by atoms with E-state index in [1.807, 2.05) is 111 Å². The third-order valence-corrected chi connectivity index (χ3v) is 12.7. The average molecular weight is 1380 g/mol. The summed E-state index contributed by atoms with van der Waals surface area (Å²) >= 11 is 0. The summed E-state index contributed by atoms with van der Waals surface area (Å²) in [6.07, 6.45) is -1.39. The summed E-state index contributed by atoms with van der Waals surface area (Å²) < 4.78 is 209. The number of halogens is 3. The zero-order chi connectivity index (χ0) is 89.6. The van der Waals surface area contributed by atoms with Crippen molar-refractivity contribution in [1.29, 1.82) is 0 Å². The fourth-order valence-corrected chi connectivity index (χ4v) is 7.22. The Hall–Kier alpha value is -0.990. The second-order valence-electron chi connectivity index (χ2n) is 35.5. The topological polar surface area (TPSA) is 0 Å². The first-order valence-electron chi connectivity index (χ1n) is 43.3. The first-order valence-corrected chi connectivity index (χ1v) is 31.8. The molecule has 1 aromatic carbocycles. The minimum absolute atomic E-state index is 0. The molecule has 2 fully saturated rings. The minimum Gasteiger partial charge on any atom is -0.171 e. The smallest absolute Gasteiger partial charge is 0.171 e. The molecule has 2 saturated carbocycles. The highest BCUT2D eigenvalue weighted by molar-refractivity contribution is 5.22. The molecule has 0 saturated heterocycles. The quantitative estimate of drug-likeness (QED) is 0.277. The molecule has 3 rings (SSSR count). The standard InChI is InChI=1S/C10H20.C10H14.C9H17F3.C9H18.C9H20.C8H18.2C7H16.2C6H14.10CH4/c2*1-10(2,3)9-7-5-4-6-8-9;1-7(2,3)6-8(4,5)9(10,11)12;1-9(2,3)8-6-4-5-7-8;1-8(2,3)7-9(4,5)6;1-7(2)6-8(3,4)5;2*1-6(2)7(3,4)5;2*1-5-6(2,3)4;;;;;;;;;;/h9H,4-8H2,1-3H3;4-8H,1-3H3;6H2,1-5H3;8H,4-7H2,1-3H3;7H2,1-6H3;7H,6H2,1-5H3;2*6H,1-5H3;2*5H2,1-4H3;10*1H4/i9D;;6D2;8D;7D2;6D2;1D3,2D3,6D;6D;1D3,5D2;5D2;;;;;;;;;;. The molecule has 0 amide bonds. The van der Waals surface area contributed by atoms with E-state index in [0.717, 1.165) is 39.5 Å². The highest BCUT2D eigenvalue weighted by Crippen LogP contribution is 2.45. The van der Waals surface area contributed by atoms with E-state index in [2.05, 4.69) is 113 Å². The Kier molecular flexibility index (Phi) is 50.1. The van der Waals surface area contributed by atoms with Gasteiger partial charge < -0.3 is 0 Å². The van der Waals surface area contributed by atoms with Crippen LogP contribution in [-0.2, 0) is 5.41 Å². The number of rotatable bonds is 2. The van der Waals surface area contributed by atoms with Crippen LogP contribution >= 0.6 is 0 Å².